The van der Waals surface area contributed by atoms with Crippen molar-refractivity contribution in [3.05, 3.63) is 54.9 Å². The van der Waals surface area contributed by atoms with E-state index in [-0.39, 0.29) is 24.9 Å². The van der Waals surface area contributed by atoms with Gasteiger partial charge in [-0.05, 0) is 36.4 Å². The summed E-state index contributed by atoms with van der Waals surface area (Å²) in [5, 5.41) is 7.50. The van der Waals surface area contributed by atoms with Crippen molar-refractivity contribution >= 4 is 34.4 Å². The monoisotopic (exact) mass is 365 g/mol. The summed E-state index contributed by atoms with van der Waals surface area (Å²) in [5.41, 5.74) is 3.44. The van der Waals surface area contributed by atoms with E-state index in [4.69, 9.17) is 0 Å². The van der Waals surface area contributed by atoms with Gasteiger partial charge in [-0.25, -0.2) is 4.98 Å². The molecule has 0 radical (unpaired) electrons. The van der Waals surface area contributed by atoms with Gasteiger partial charge in [-0.2, -0.15) is 0 Å². The van der Waals surface area contributed by atoms with Crippen molar-refractivity contribution in [2.75, 3.05) is 18.4 Å². The van der Waals surface area contributed by atoms with E-state index in [9.17, 15) is 14.4 Å². The smallest absolute Gasteiger partial charge is 0.243 e. The van der Waals surface area contributed by atoms with Gasteiger partial charge in [0.25, 0.3) is 0 Å². The van der Waals surface area contributed by atoms with Crippen LogP contribution in [0, 0.1) is 0 Å². The van der Waals surface area contributed by atoms with Gasteiger partial charge in [0.05, 0.1) is 24.1 Å². The zero-order valence-electron chi connectivity index (χ0n) is 14.7. The molecule has 138 valence electrons. The Bertz CT molecular complexity index is 978. The highest BCUT2D eigenvalue weighted by molar-refractivity contribution is 5.95. The number of aromatic nitrogens is 2. The Morgan fingerprint density at radius 1 is 0.926 bits per heavy atom. The van der Waals surface area contributed by atoms with Crippen molar-refractivity contribution in [1.82, 2.24) is 20.2 Å². The third-order valence-electron chi connectivity index (χ3n) is 3.83. The van der Waals surface area contributed by atoms with Crippen LogP contribution in [0.5, 0.6) is 0 Å². The number of carbonyl (C=O) groups excluding carboxylic acids is 3. The Labute approximate surface area is 155 Å². The number of anilines is 1. The quantitative estimate of drug-likeness (QED) is 0.611. The summed E-state index contributed by atoms with van der Waals surface area (Å²) in [4.78, 5) is 38.5. The normalized spacial score (nSPS) is 10.4. The lowest BCUT2D eigenvalue weighted by molar-refractivity contribution is -0.126. The van der Waals surface area contributed by atoms with Crippen molar-refractivity contribution in [3.63, 3.8) is 0 Å². The average Bonchev–Trinajstić information content (AvgIpc) is 3.09. The minimum absolute atomic E-state index is 0.157. The Morgan fingerprint density at radius 3 is 2.37 bits per heavy atom. The van der Waals surface area contributed by atoms with Crippen LogP contribution >= 0.6 is 0 Å². The highest BCUT2D eigenvalue weighted by atomic mass is 16.2. The molecule has 0 saturated carbocycles. The fourth-order valence-electron chi connectivity index (χ4n) is 2.52. The second kappa shape index (κ2) is 8.13. The zero-order chi connectivity index (χ0) is 19.2. The molecule has 0 unspecified atom stereocenters. The van der Waals surface area contributed by atoms with Gasteiger partial charge < -0.3 is 16.0 Å². The second-order valence-electron chi connectivity index (χ2n) is 5.88. The third-order valence-corrected chi connectivity index (χ3v) is 3.83. The van der Waals surface area contributed by atoms with Crippen molar-refractivity contribution < 1.29 is 14.4 Å². The second-order valence-corrected chi connectivity index (χ2v) is 5.88. The van der Waals surface area contributed by atoms with Gasteiger partial charge in [-0.15, -0.1) is 0 Å². The third kappa shape index (κ3) is 4.69. The Balaban J connectivity index is 1.57. The van der Waals surface area contributed by atoms with Crippen LogP contribution in [-0.4, -0.2) is 40.4 Å². The number of para-hydroxylation sites is 2. The van der Waals surface area contributed by atoms with Crippen molar-refractivity contribution in [2.24, 2.45) is 0 Å². The molecule has 0 aliphatic rings. The van der Waals surface area contributed by atoms with E-state index in [0.717, 1.165) is 16.7 Å². The molecule has 8 heteroatoms. The number of rotatable bonds is 6. The number of hydrogen-bond donors (Lipinski definition) is 3. The van der Waals surface area contributed by atoms with Gasteiger partial charge in [-0.3, -0.25) is 19.0 Å². The first-order chi connectivity index (χ1) is 13.0. The van der Waals surface area contributed by atoms with Crippen LogP contribution in [0.25, 0.3) is 16.7 Å². The summed E-state index contributed by atoms with van der Waals surface area (Å²) in [6.07, 6.45) is 1.75. The molecule has 1 aromatic heterocycles. The molecule has 0 spiro atoms. The van der Waals surface area contributed by atoms with Crippen LogP contribution in [0.15, 0.2) is 54.9 Å². The molecule has 1 heterocycles. The highest BCUT2D eigenvalue weighted by Crippen LogP contribution is 2.19. The molecule has 0 saturated heterocycles. The molecule has 2 aromatic carbocycles. The summed E-state index contributed by atoms with van der Waals surface area (Å²) < 4.78 is 1.96. The number of amides is 3. The molecule has 3 rings (SSSR count). The summed E-state index contributed by atoms with van der Waals surface area (Å²) in [6.45, 7) is 0.985. The molecular formula is C19H19N5O3. The first-order valence-corrected chi connectivity index (χ1v) is 8.36. The van der Waals surface area contributed by atoms with Gasteiger partial charge >= 0.3 is 0 Å². The van der Waals surface area contributed by atoms with Crippen molar-refractivity contribution in [1.29, 1.82) is 0 Å². The van der Waals surface area contributed by atoms with Crippen LogP contribution in [0.3, 0.4) is 0 Å². The molecule has 0 atom stereocenters. The topological polar surface area (TPSA) is 105 Å². The minimum Gasteiger partial charge on any atom is -0.347 e. The molecule has 0 bridgehead atoms. The molecule has 0 fully saturated rings. The average molecular weight is 365 g/mol. The lowest BCUT2D eigenvalue weighted by Gasteiger charge is -2.09. The minimum atomic E-state index is -0.428. The summed E-state index contributed by atoms with van der Waals surface area (Å²) in [5.74, 6) is -1.09. The molecule has 8 nitrogen and oxygen atoms in total. The summed E-state index contributed by atoms with van der Waals surface area (Å²) in [6, 6.07) is 15.1. The number of nitrogens with one attached hydrogen (secondary N) is 3. The van der Waals surface area contributed by atoms with Crippen molar-refractivity contribution in [2.45, 2.75) is 6.92 Å². The van der Waals surface area contributed by atoms with Gasteiger partial charge in [0.2, 0.25) is 17.7 Å². The zero-order valence-corrected chi connectivity index (χ0v) is 14.7. The van der Waals surface area contributed by atoms with Crippen LogP contribution < -0.4 is 16.0 Å². The first-order valence-electron chi connectivity index (χ1n) is 8.36. The largest absolute Gasteiger partial charge is 0.347 e. The van der Waals surface area contributed by atoms with Gasteiger partial charge in [0, 0.05) is 18.3 Å². The number of nitrogens with zero attached hydrogens (tertiary/aromatic N) is 2. The van der Waals surface area contributed by atoms with E-state index in [0.29, 0.717) is 5.69 Å². The van der Waals surface area contributed by atoms with Crippen LogP contribution in [0.1, 0.15) is 6.92 Å². The molecule has 0 aliphatic carbocycles. The molecule has 3 N–H and O–H groups in total. The summed E-state index contributed by atoms with van der Waals surface area (Å²) in [7, 11) is 0. The number of benzene rings is 2. The number of imidazole rings is 1. The molecule has 3 amide bonds. The van der Waals surface area contributed by atoms with Gasteiger partial charge in [-0.1, -0.05) is 12.1 Å². The van der Waals surface area contributed by atoms with E-state index in [2.05, 4.69) is 20.9 Å². The fraction of sp³-hybridized carbons (Fsp3) is 0.158. The Hall–Kier alpha value is -3.68. The SMILES string of the molecule is CC(=O)NCC(=O)NCC(=O)Nc1ccc(-n2cnc3ccccc32)cc1. The molecule has 3 aromatic rings. The Morgan fingerprint density at radius 2 is 1.63 bits per heavy atom. The predicted molar refractivity (Wildman–Crippen MR) is 101 cm³/mol. The maximum Gasteiger partial charge on any atom is 0.243 e. The summed E-state index contributed by atoms with van der Waals surface area (Å²) >= 11 is 0. The number of fused-ring (bicyclic) bond motifs is 1. The molecular weight excluding hydrogens is 346 g/mol. The van der Waals surface area contributed by atoms with E-state index in [1.54, 1.807) is 18.5 Å². The lowest BCUT2D eigenvalue weighted by atomic mass is 10.2. The van der Waals surface area contributed by atoms with Crippen LogP contribution in [0.2, 0.25) is 0 Å². The molecule has 27 heavy (non-hydrogen) atoms. The number of hydrogen-bond acceptors (Lipinski definition) is 4. The molecule has 0 aliphatic heterocycles. The standard InChI is InChI=1S/C19H19N5O3/c1-13(25)20-10-18(26)21-11-19(27)23-14-6-8-15(9-7-14)24-12-22-16-4-2-3-5-17(16)24/h2-9,12H,10-11H2,1H3,(H,20,25)(H,21,26)(H,23,27). The Kier molecular flexibility index (Phi) is 5.46. The lowest BCUT2D eigenvalue weighted by Crippen LogP contribution is -2.39. The van der Waals surface area contributed by atoms with E-state index >= 15 is 0 Å². The highest BCUT2D eigenvalue weighted by Gasteiger charge is 2.07. The predicted octanol–water partition coefficient (Wildman–Crippen LogP) is 1.22. The van der Waals surface area contributed by atoms with Crippen LogP contribution in [0.4, 0.5) is 5.69 Å². The van der Waals surface area contributed by atoms with Gasteiger partial charge in [0.15, 0.2) is 0 Å². The maximum atomic E-state index is 11.9. The van der Waals surface area contributed by atoms with Gasteiger partial charge in [0.1, 0.15) is 6.33 Å². The van der Waals surface area contributed by atoms with E-state index in [1.807, 2.05) is 41.0 Å². The van der Waals surface area contributed by atoms with E-state index in [1.165, 1.54) is 6.92 Å². The van der Waals surface area contributed by atoms with E-state index < -0.39 is 5.91 Å². The maximum absolute atomic E-state index is 11.9. The fourth-order valence-corrected chi connectivity index (χ4v) is 2.52. The van der Waals surface area contributed by atoms with Crippen molar-refractivity contribution in [3.8, 4) is 5.69 Å². The van der Waals surface area contributed by atoms with Crippen LogP contribution in [-0.2, 0) is 14.4 Å². The first kappa shape index (κ1) is 18.1. The number of carbonyl (C=O) groups is 3.